The van der Waals surface area contributed by atoms with Crippen molar-refractivity contribution in [1.29, 1.82) is 0 Å². The molecule has 1 unspecified atom stereocenters. The molecular formula is C18H21N3O2. The van der Waals surface area contributed by atoms with E-state index in [4.69, 9.17) is 4.74 Å². The van der Waals surface area contributed by atoms with Crippen LogP contribution in [-0.4, -0.2) is 36.7 Å². The van der Waals surface area contributed by atoms with Gasteiger partial charge in [-0.05, 0) is 37.6 Å². The Bertz CT molecular complexity index is 643. The number of hydrogen-bond acceptors (Lipinski definition) is 5. The van der Waals surface area contributed by atoms with Gasteiger partial charge in [0.25, 0.3) is 0 Å². The first kappa shape index (κ1) is 15.3. The molecule has 2 heterocycles. The number of esters is 1. The molecule has 5 nitrogen and oxygen atoms in total. The molecule has 5 heteroatoms. The number of carbonyl (C=O) groups is 1. The molecule has 0 amide bonds. The summed E-state index contributed by atoms with van der Waals surface area (Å²) in [5.41, 5.74) is 1.73. The van der Waals surface area contributed by atoms with E-state index in [0.717, 1.165) is 25.3 Å². The summed E-state index contributed by atoms with van der Waals surface area (Å²) < 4.78 is 4.96. The lowest BCUT2D eigenvalue weighted by atomic mass is 10.2. The Labute approximate surface area is 136 Å². The summed E-state index contributed by atoms with van der Waals surface area (Å²) in [7, 11) is 0. The number of carbonyl (C=O) groups excluding carboxylic acids is 1. The number of benzene rings is 1. The summed E-state index contributed by atoms with van der Waals surface area (Å²) in [6, 6.07) is 14.4. The highest BCUT2D eigenvalue weighted by molar-refractivity contribution is 5.89. The molecule has 120 valence electrons. The van der Waals surface area contributed by atoms with Crippen LogP contribution >= 0.6 is 0 Å². The van der Waals surface area contributed by atoms with Crippen LogP contribution in [0.25, 0.3) is 0 Å². The lowest BCUT2D eigenvalue weighted by Gasteiger charge is -2.19. The second kappa shape index (κ2) is 7.13. The average molecular weight is 311 g/mol. The molecule has 0 bridgehead atoms. The largest absolute Gasteiger partial charge is 0.462 e. The van der Waals surface area contributed by atoms with Gasteiger partial charge in [-0.25, -0.2) is 9.78 Å². The molecule has 23 heavy (non-hydrogen) atoms. The zero-order valence-corrected chi connectivity index (χ0v) is 13.2. The van der Waals surface area contributed by atoms with Crippen molar-refractivity contribution in [2.45, 2.75) is 19.4 Å². The van der Waals surface area contributed by atoms with Crippen LogP contribution in [0.1, 0.15) is 23.7 Å². The minimum Gasteiger partial charge on any atom is -0.462 e. The van der Waals surface area contributed by atoms with Gasteiger partial charge in [0.1, 0.15) is 5.82 Å². The van der Waals surface area contributed by atoms with Crippen LogP contribution < -0.4 is 10.2 Å². The molecule has 1 aliphatic heterocycles. The van der Waals surface area contributed by atoms with Gasteiger partial charge in [-0.15, -0.1) is 0 Å². The van der Waals surface area contributed by atoms with Crippen molar-refractivity contribution in [2.24, 2.45) is 0 Å². The maximum atomic E-state index is 11.6. The molecule has 3 rings (SSSR count). The van der Waals surface area contributed by atoms with Gasteiger partial charge in [0.2, 0.25) is 0 Å². The second-order valence-corrected chi connectivity index (χ2v) is 5.56. The minimum atomic E-state index is -0.331. The number of hydrogen-bond donors (Lipinski definition) is 1. The molecule has 1 fully saturated rings. The van der Waals surface area contributed by atoms with Crippen LogP contribution in [0.4, 0.5) is 11.5 Å². The summed E-state index contributed by atoms with van der Waals surface area (Å²) in [6.45, 7) is 4.14. The third-order valence-corrected chi connectivity index (χ3v) is 3.94. The third-order valence-electron chi connectivity index (χ3n) is 3.94. The van der Waals surface area contributed by atoms with Crippen LogP contribution in [0.2, 0.25) is 0 Å². The van der Waals surface area contributed by atoms with E-state index in [1.54, 1.807) is 19.2 Å². The fourth-order valence-corrected chi connectivity index (χ4v) is 2.77. The van der Waals surface area contributed by atoms with Crippen LogP contribution in [0.5, 0.6) is 0 Å². The Balaban J connectivity index is 1.57. The highest BCUT2D eigenvalue weighted by Gasteiger charge is 2.22. The lowest BCUT2D eigenvalue weighted by Crippen LogP contribution is -2.26. The number of ether oxygens (including phenoxy) is 1. The number of anilines is 2. The van der Waals surface area contributed by atoms with Crippen LogP contribution in [0, 0.1) is 0 Å². The van der Waals surface area contributed by atoms with Crippen LogP contribution in [0.15, 0.2) is 48.7 Å². The predicted octanol–water partition coefficient (Wildman–Crippen LogP) is 2.95. The second-order valence-electron chi connectivity index (χ2n) is 5.56. The molecule has 0 aliphatic carbocycles. The smallest absolute Gasteiger partial charge is 0.339 e. The van der Waals surface area contributed by atoms with Crippen molar-refractivity contribution in [3.63, 3.8) is 0 Å². The molecule has 1 aromatic heterocycles. The van der Waals surface area contributed by atoms with E-state index >= 15 is 0 Å². The Morgan fingerprint density at radius 2 is 2.13 bits per heavy atom. The number of nitrogens with one attached hydrogen (secondary N) is 1. The van der Waals surface area contributed by atoms with Gasteiger partial charge in [-0.2, -0.15) is 0 Å². The van der Waals surface area contributed by atoms with Crippen LogP contribution in [0.3, 0.4) is 0 Å². The molecule has 0 radical (unpaired) electrons. The van der Waals surface area contributed by atoms with E-state index < -0.39 is 0 Å². The fraction of sp³-hybridized carbons (Fsp3) is 0.333. The Morgan fingerprint density at radius 3 is 2.83 bits per heavy atom. The van der Waals surface area contributed by atoms with E-state index in [1.807, 2.05) is 12.1 Å². The van der Waals surface area contributed by atoms with Gasteiger partial charge in [0, 0.05) is 31.0 Å². The molecule has 1 saturated heterocycles. The number of para-hydroxylation sites is 1. The SMILES string of the molecule is CCOC(=O)c1ccc(NC2CCN(c3ccccc3)C2)nc1. The van der Waals surface area contributed by atoms with E-state index in [-0.39, 0.29) is 5.97 Å². The van der Waals surface area contributed by atoms with E-state index in [9.17, 15) is 4.79 Å². The molecule has 1 aliphatic rings. The number of aromatic nitrogens is 1. The number of nitrogens with zero attached hydrogens (tertiary/aromatic N) is 2. The minimum absolute atomic E-state index is 0.331. The van der Waals surface area contributed by atoms with Crippen molar-refractivity contribution in [1.82, 2.24) is 4.98 Å². The molecule has 0 spiro atoms. The van der Waals surface area contributed by atoms with Crippen molar-refractivity contribution in [2.75, 3.05) is 29.9 Å². The molecule has 1 aromatic carbocycles. The third kappa shape index (κ3) is 3.80. The number of rotatable bonds is 5. The summed E-state index contributed by atoms with van der Waals surface area (Å²) in [5, 5.41) is 3.43. The zero-order valence-electron chi connectivity index (χ0n) is 13.2. The van der Waals surface area contributed by atoms with Gasteiger partial charge >= 0.3 is 5.97 Å². The maximum absolute atomic E-state index is 11.6. The first-order valence-electron chi connectivity index (χ1n) is 7.96. The predicted molar refractivity (Wildman–Crippen MR) is 90.9 cm³/mol. The quantitative estimate of drug-likeness (QED) is 0.860. The Kier molecular flexibility index (Phi) is 4.76. The molecule has 1 N–H and O–H groups in total. The summed E-state index contributed by atoms with van der Waals surface area (Å²) >= 11 is 0. The first-order valence-corrected chi connectivity index (χ1v) is 7.96. The van der Waals surface area contributed by atoms with E-state index in [0.29, 0.717) is 18.2 Å². The topological polar surface area (TPSA) is 54.5 Å². The van der Waals surface area contributed by atoms with Crippen molar-refractivity contribution in [3.05, 3.63) is 54.2 Å². The standard InChI is InChI=1S/C18H21N3O2/c1-2-23-18(22)14-8-9-17(19-12-14)20-15-10-11-21(13-15)16-6-4-3-5-7-16/h3-9,12,15H,2,10-11,13H2,1H3,(H,19,20). The Morgan fingerprint density at radius 1 is 1.30 bits per heavy atom. The van der Waals surface area contributed by atoms with Gasteiger partial charge in [-0.1, -0.05) is 18.2 Å². The zero-order chi connectivity index (χ0) is 16.1. The van der Waals surface area contributed by atoms with Crippen molar-refractivity contribution >= 4 is 17.5 Å². The maximum Gasteiger partial charge on any atom is 0.339 e. The van der Waals surface area contributed by atoms with Gasteiger partial charge in [-0.3, -0.25) is 0 Å². The molecular weight excluding hydrogens is 290 g/mol. The van der Waals surface area contributed by atoms with E-state index in [1.165, 1.54) is 5.69 Å². The summed E-state index contributed by atoms with van der Waals surface area (Å²) in [6.07, 6.45) is 2.63. The normalized spacial score (nSPS) is 17.1. The van der Waals surface area contributed by atoms with Gasteiger partial charge < -0.3 is 15.0 Å². The average Bonchev–Trinajstić information content (AvgIpc) is 3.05. The summed E-state index contributed by atoms with van der Waals surface area (Å²) in [5.74, 6) is 0.459. The Hall–Kier alpha value is -2.56. The van der Waals surface area contributed by atoms with Crippen molar-refractivity contribution in [3.8, 4) is 0 Å². The highest BCUT2D eigenvalue weighted by atomic mass is 16.5. The molecule has 2 aromatic rings. The lowest BCUT2D eigenvalue weighted by molar-refractivity contribution is 0.0526. The van der Waals surface area contributed by atoms with Crippen LogP contribution in [-0.2, 0) is 4.74 Å². The first-order chi connectivity index (χ1) is 11.3. The van der Waals surface area contributed by atoms with Crippen molar-refractivity contribution < 1.29 is 9.53 Å². The fourth-order valence-electron chi connectivity index (χ4n) is 2.77. The summed E-state index contributed by atoms with van der Waals surface area (Å²) in [4.78, 5) is 18.3. The highest BCUT2D eigenvalue weighted by Crippen LogP contribution is 2.21. The molecule has 0 saturated carbocycles. The monoisotopic (exact) mass is 311 g/mol. The van der Waals surface area contributed by atoms with E-state index in [2.05, 4.69) is 39.5 Å². The van der Waals surface area contributed by atoms with Gasteiger partial charge in [0.05, 0.1) is 12.2 Å². The number of pyridine rings is 1. The van der Waals surface area contributed by atoms with Gasteiger partial charge in [0.15, 0.2) is 0 Å². The molecule has 1 atom stereocenters.